The summed E-state index contributed by atoms with van der Waals surface area (Å²) in [5.74, 6) is 0. The van der Waals surface area contributed by atoms with E-state index in [0.29, 0.717) is 17.4 Å². The quantitative estimate of drug-likeness (QED) is 0.655. The summed E-state index contributed by atoms with van der Waals surface area (Å²) in [6, 6.07) is 1.55. The molecule has 0 fully saturated rings. The Kier molecular flexibility index (Phi) is 6.03. The van der Waals surface area contributed by atoms with Crippen molar-refractivity contribution < 1.29 is 13.5 Å². The minimum atomic E-state index is -3.48. The van der Waals surface area contributed by atoms with Gasteiger partial charge in [-0.2, -0.15) is 0 Å². The van der Waals surface area contributed by atoms with Crippen LogP contribution in [0.4, 0.5) is 0 Å². The Labute approximate surface area is 116 Å². The van der Waals surface area contributed by atoms with Gasteiger partial charge in [-0.1, -0.05) is 11.6 Å². The third-order valence-corrected chi connectivity index (χ3v) is 5.62. The van der Waals surface area contributed by atoms with Crippen LogP contribution >= 0.6 is 22.9 Å². The molecule has 1 atom stereocenters. The monoisotopic (exact) mass is 312 g/mol. The Balaban J connectivity index is 2.45. The molecule has 0 amide bonds. The molecular weight excluding hydrogens is 296 g/mol. The molecule has 0 spiro atoms. The highest BCUT2D eigenvalue weighted by Gasteiger charge is 2.17. The second-order valence-corrected chi connectivity index (χ2v) is 7.62. The lowest BCUT2D eigenvalue weighted by atomic mass is 10.4. The van der Waals surface area contributed by atoms with Gasteiger partial charge in [0.1, 0.15) is 4.21 Å². The molecule has 0 radical (unpaired) electrons. The topological polar surface area (TPSA) is 78.4 Å². The van der Waals surface area contributed by atoms with E-state index in [4.69, 9.17) is 16.7 Å². The average molecular weight is 313 g/mol. The van der Waals surface area contributed by atoms with E-state index in [1.54, 1.807) is 19.9 Å². The molecule has 18 heavy (non-hydrogen) atoms. The van der Waals surface area contributed by atoms with Crippen LogP contribution in [0.25, 0.3) is 0 Å². The van der Waals surface area contributed by atoms with Crippen molar-refractivity contribution in [2.75, 3.05) is 19.6 Å². The third kappa shape index (κ3) is 4.83. The van der Waals surface area contributed by atoms with E-state index in [2.05, 4.69) is 10.0 Å². The fourth-order valence-electron chi connectivity index (χ4n) is 1.22. The van der Waals surface area contributed by atoms with Gasteiger partial charge in [0.25, 0.3) is 0 Å². The summed E-state index contributed by atoms with van der Waals surface area (Å²) < 4.78 is 26.9. The zero-order valence-electron chi connectivity index (χ0n) is 10.2. The molecule has 1 heterocycles. The highest BCUT2D eigenvalue weighted by atomic mass is 35.5. The predicted octanol–water partition coefficient (Wildman–Crippen LogP) is 0.959. The van der Waals surface area contributed by atoms with Crippen LogP contribution in [0.3, 0.4) is 0 Å². The van der Waals surface area contributed by atoms with Crippen LogP contribution in [0.5, 0.6) is 0 Å². The number of hydrogen-bond donors (Lipinski definition) is 3. The number of aliphatic hydroxyl groups is 1. The smallest absolute Gasteiger partial charge is 0.250 e. The van der Waals surface area contributed by atoms with Crippen LogP contribution in [0.2, 0.25) is 4.34 Å². The highest BCUT2D eigenvalue weighted by molar-refractivity contribution is 7.91. The predicted molar refractivity (Wildman–Crippen MR) is 73.8 cm³/mol. The van der Waals surface area contributed by atoms with Crippen molar-refractivity contribution in [2.45, 2.75) is 24.2 Å². The number of aliphatic hydroxyl groups excluding tert-OH is 1. The van der Waals surface area contributed by atoms with Crippen LogP contribution in [-0.2, 0) is 10.0 Å². The molecule has 104 valence electrons. The molecule has 1 aromatic heterocycles. The van der Waals surface area contributed by atoms with E-state index in [0.717, 1.165) is 16.9 Å². The number of hydrogen-bond acceptors (Lipinski definition) is 5. The molecule has 0 aliphatic carbocycles. The van der Waals surface area contributed by atoms with Crippen LogP contribution in [0.1, 0.15) is 12.5 Å². The van der Waals surface area contributed by atoms with Crippen molar-refractivity contribution in [3.05, 3.63) is 16.0 Å². The SMILES string of the molecule is Cc1cc(S(=O)(=O)NCCNCC(C)O)sc1Cl. The summed E-state index contributed by atoms with van der Waals surface area (Å²) >= 11 is 6.88. The first-order valence-corrected chi connectivity index (χ1v) is 8.15. The van der Waals surface area contributed by atoms with Gasteiger partial charge in [-0.15, -0.1) is 11.3 Å². The van der Waals surface area contributed by atoms with Gasteiger partial charge in [0.2, 0.25) is 10.0 Å². The van der Waals surface area contributed by atoms with Crippen molar-refractivity contribution in [3.63, 3.8) is 0 Å². The molecule has 5 nitrogen and oxygen atoms in total. The van der Waals surface area contributed by atoms with Crippen molar-refractivity contribution in [1.29, 1.82) is 0 Å². The van der Waals surface area contributed by atoms with Crippen LogP contribution in [0.15, 0.2) is 10.3 Å². The van der Waals surface area contributed by atoms with Gasteiger partial charge in [0.15, 0.2) is 0 Å². The first kappa shape index (κ1) is 15.9. The molecular formula is C10H17ClN2O3S2. The van der Waals surface area contributed by atoms with E-state index in [-0.39, 0.29) is 10.8 Å². The average Bonchev–Trinajstić information content (AvgIpc) is 2.59. The molecule has 3 N–H and O–H groups in total. The summed E-state index contributed by atoms with van der Waals surface area (Å²) in [6.07, 6.45) is -0.444. The highest BCUT2D eigenvalue weighted by Crippen LogP contribution is 2.29. The van der Waals surface area contributed by atoms with Gasteiger partial charge in [-0.25, -0.2) is 13.1 Å². The Morgan fingerprint density at radius 1 is 1.50 bits per heavy atom. The minimum Gasteiger partial charge on any atom is -0.392 e. The lowest BCUT2D eigenvalue weighted by molar-refractivity contribution is 0.192. The minimum absolute atomic E-state index is 0.223. The summed E-state index contributed by atoms with van der Waals surface area (Å²) in [4.78, 5) is 0. The second kappa shape index (κ2) is 6.83. The number of nitrogens with one attached hydrogen (secondary N) is 2. The lowest BCUT2D eigenvalue weighted by Gasteiger charge is -2.07. The number of rotatable bonds is 7. The summed E-state index contributed by atoms with van der Waals surface area (Å²) in [5, 5.41) is 11.9. The van der Waals surface area contributed by atoms with Crippen LogP contribution in [0, 0.1) is 6.92 Å². The molecule has 0 bridgehead atoms. The Morgan fingerprint density at radius 3 is 2.67 bits per heavy atom. The van der Waals surface area contributed by atoms with Crippen LogP contribution < -0.4 is 10.0 Å². The van der Waals surface area contributed by atoms with E-state index in [1.165, 1.54) is 0 Å². The van der Waals surface area contributed by atoms with Crippen LogP contribution in [-0.4, -0.2) is 39.3 Å². The van der Waals surface area contributed by atoms with E-state index in [9.17, 15) is 8.42 Å². The first-order valence-electron chi connectivity index (χ1n) is 5.47. The van der Waals surface area contributed by atoms with Gasteiger partial charge in [0.05, 0.1) is 10.4 Å². The van der Waals surface area contributed by atoms with Crippen molar-refractivity contribution >= 4 is 33.0 Å². The number of thiophene rings is 1. The fourth-order valence-corrected chi connectivity index (χ4v) is 4.00. The number of sulfonamides is 1. The number of halogens is 1. The largest absolute Gasteiger partial charge is 0.392 e. The molecule has 0 aliphatic heterocycles. The first-order chi connectivity index (χ1) is 8.33. The van der Waals surface area contributed by atoms with E-state index >= 15 is 0 Å². The fraction of sp³-hybridized carbons (Fsp3) is 0.600. The van der Waals surface area contributed by atoms with Gasteiger partial charge in [0, 0.05) is 19.6 Å². The molecule has 1 rings (SSSR count). The van der Waals surface area contributed by atoms with Crippen molar-refractivity contribution in [1.82, 2.24) is 10.0 Å². The Morgan fingerprint density at radius 2 is 2.17 bits per heavy atom. The summed E-state index contributed by atoms with van der Waals surface area (Å²) in [7, 11) is -3.48. The maximum absolute atomic E-state index is 11.9. The van der Waals surface area contributed by atoms with Gasteiger partial charge in [-0.3, -0.25) is 0 Å². The zero-order valence-corrected chi connectivity index (χ0v) is 12.6. The van der Waals surface area contributed by atoms with E-state index < -0.39 is 16.1 Å². The van der Waals surface area contributed by atoms with Gasteiger partial charge in [-0.05, 0) is 25.5 Å². The zero-order chi connectivity index (χ0) is 13.8. The lowest BCUT2D eigenvalue weighted by Crippen LogP contribution is -2.34. The second-order valence-electron chi connectivity index (χ2n) is 3.97. The van der Waals surface area contributed by atoms with Crippen molar-refractivity contribution in [2.24, 2.45) is 0 Å². The maximum Gasteiger partial charge on any atom is 0.250 e. The standard InChI is InChI=1S/C10H17ClN2O3S2/c1-7-5-9(17-10(7)11)18(15,16)13-4-3-12-6-8(2)14/h5,8,12-14H,3-4,6H2,1-2H3. The molecule has 0 saturated carbocycles. The Hall–Kier alpha value is -0.180. The molecule has 1 aromatic rings. The third-order valence-electron chi connectivity index (χ3n) is 2.13. The van der Waals surface area contributed by atoms with Crippen molar-refractivity contribution in [3.8, 4) is 0 Å². The van der Waals surface area contributed by atoms with Gasteiger partial charge < -0.3 is 10.4 Å². The molecule has 8 heteroatoms. The summed E-state index contributed by atoms with van der Waals surface area (Å²) in [5.41, 5.74) is 0.759. The number of aryl methyl sites for hydroxylation is 1. The normalized spacial score (nSPS) is 13.8. The maximum atomic E-state index is 11.9. The van der Waals surface area contributed by atoms with Gasteiger partial charge >= 0.3 is 0 Å². The molecule has 1 unspecified atom stereocenters. The summed E-state index contributed by atoms with van der Waals surface area (Å²) in [6.45, 7) is 4.59. The van der Waals surface area contributed by atoms with E-state index in [1.807, 2.05) is 0 Å². The Bertz CT molecular complexity index is 466. The molecule has 0 aliphatic rings. The molecule has 0 saturated heterocycles. The molecule has 0 aromatic carbocycles.